The lowest BCUT2D eigenvalue weighted by Gasteiger charge is -2.13. The van der Waals surface area contributed by atoms with E-state index >= 15 is 0 Å². The Hall–Kier alpha value is -2.04. The highest BCUT2D eigenvalue weighted by atomic mass is 14.9. The van der Waals surface area contributed by atoms with Crippen LogP contribution in [0.2, 0.25) is 0 Å². The number of benzene rings is 2. The van der Waals surface area contributed by atoms with E-state index in [1.54, 1.807) is 0 Å². The van der Waals surface area contributed by atoms with Crippen LogP contribution in [0.4, 0.5) is 0 Å². The summed E-state index contributed by atoms with van der Waals surface area (Å²) in [6, 6.07) is 19.6. The van der Waals surface area contributed by atoms with Crippen LogP contribution >= 0.6 is 0 Å². The van der Waals surface area contributed by atoms with E-state index in [2.05, 4.69) is 79.5 Å². The van der Waals surface area contributed by atoms with Crippen molar-refractivity contribution in [2.75, 3.05) is 6.54 Å². The van der Waals surface area contributed by atoms with Crippen LogP contribution in [0.15, 0.2) is 54.6 Å². The molecular weight excluding hydrogens is 278 g/mol. The second-order valence-electron chi connectivity index (χ2n) is 6.10. The third-order valence-corrected chi connectivity index (χ3v) is 4.05. The summed E-state index contributed by atoms with van der Waals surface area (Å²) in [4.78, 5) is 0. The summed E-state index contributed by atoms with van der Waals surface area (Å²) in [5, 5.41) is 3.60. The Bertz CT molecular complexity index is 634. The second kappa shape index (κ2) is 9.87. The molecule has 0 aromatic heterocycles. The Morgan fingerprint density at radius 1 is 1.00 bits per heavy atom. The fraction of sp³-hybridized carbons (Fsp3) is 0.364. The van der Waals surface area contributed by atoms with Gasteiger partial charge in [-0.2, -0.15) is 0 Å². The Morgan fingerprint density at radius 2 is 1.74 bits per heavy atom. The topological polar surface area (TPSA) is 12.0 Å². The van der Waals surface area contributed by atoms with Gasteiger partial charge in [-0.15, -0.1) is 0 Å². The maximum Gasteiger partial charge on any atom is 0.0274 e. The number of aryl methyl sites for hydroxylation is 2. The van der Waals surface area contributed by atoms with Gasteiger partial charge < -0.3 is 5.32 Å². The normalized spacial score (nSPS) is 11.6. The summed E-state index contributed by atoms with van der Waals surface area (Å²) < 4.78 is 0. The van der Waals surface area contributed by atoms with Gasteiger partial charge in [0.05, 0.1) is 0 Å². The average molecular weight is 305 g/mol. The van der Waals surface area contributed by atoms with Gasteiger partial charge in [0.1, 0.15) is 0 Å². The minimum absolute atomic E-state index is 0.555. The molecule has 2 aromatic rings. The molecule has 0 saturated heterocycles. The molecule has 1 heteroatoms. The third kappa shape index (κ3) is 6.72. The van der Waals surface area contributed by atoms with Gasteiger partial charge >= 0.3 is 0 Å². The molecule has 120 valence electrons. The summed E-state index contributed by atoms with van der Waals surface area (Å²) in [7, 11) is 0. The van der Waals surface area contributed by atoms with Crippen LogP contribution < -0.4 is 5.32 Å². The van der Waals surface area contributed by atoms with Gasteiger partial charge in [-0.25, -0.2) is 0 Å². The molecule has 2 rings (SSSR count). The standard InChI is InChI=1S/C22H27N/c1-19-11-8-9-15-22(19)14-7-4-10-18-23-20(2)16-17-21-12-5-3-6-13-21/h3,5-6,8-9,11-13,15,20,23H,4,10,16-18H2,1-2H3. The molecule has 1 N–H and O–H groups in total. The van der Waals surface area contributed by atoms with E-state index < -0.39 is 0 Å². The zero-order chi connectivity index (χ0) is 16.3. The number of unbranched alkanes of at least 4 members (excludes halogenated alkanes) is 1. The quantitative estimate of drug-likeness (QED) is 0.575. The van der Waals surface area contributed by atoms with Gasteiger partial charge in [0.15, 0.2) is 0 Å². The van der Waals surface area contributed by atoms with Crippen molar-refractivity contribution in [3.63, 3.8) is 0 Å². The Balaban J connectivity index is 1.59. The van der Waals surface area contributed by atoms with E-state index in [9.17, 15) is 0 Å². The van der Waals surface area contributed by atoms with E-state index in [1.165, 1.54) is 17.5 Å². The maximum atomic E-state index is 3.60. The predicted molar refractivity (Wildman–Crippen MR) is 99.5 cm³/mol. The smallest absolute Gasteiger partial charge is 0.0274 e. The van der Waals surface area contributed by atoms with Crippen LogP contribution in [0.25, 0.3) is 0 Å². The summed E-state index contributed by atoms with van der Waals surface area (Å²) in [6.07, 6.45) is 4.38. The minimum atomic E-state index is 0.555. The van der Waals surface area contributed by atoms with Crippen molar-refractivity contribution in [3.05, 3.63) is 71.3 Å². The van der Waals surface area contributed by atoms with Crippen LogP contribution in [0, 0.1) is 18.8 Å². The number of hydrogen-bond donors (Lipinski definition) is 1. The summed E-state index contributed by atoms with van der Waals surface area (Å²) in [5.41, 5.74) is 3.83. The van der Waals surface area contributed by atoms with Crippen LogP contribution in [-0.4, -0.2) is 12.6 Å². The Labute approximate surface area is 141 Å². The maximum absolute atomic E-state index is 3.60. The molecule has 1 atom stereocenters. The molecule has 1 unspecified atom stereocenters. The SMILES string of the molecule is Cc1ccccc1C#CCCCNC(C)CCc1ccccc1. The lowest BCUT2D eigenvalue weighted by atomic mass is 10.1. The van der Waals surface area contributed by atoms with Crippen LogP contribution in [-0.2, 0) is 6.42 Å². The molecule has 0 radical (unpaired) electrons. The molecule has 0 aliphatic heterocycles. The highest BCUT2D eigenvalue weighted by molar-refractivity contribution is 5.40. The molecule has 0 amide bonds. The van der Waals surface area contributed by atoms with Gasteiger partial charge in [0.2, 0.25) is 0 Å². The lowest BCUT2D eigenvalue weighted by Crippen LogP contribution is -2.27. The van der Waals surface area contributed by atoms with Gasteiger partial charge in [-0.3, -0.25) is 0 Å². The van der Waals surface area contributed by atoms with Crippen LogP contribution in [0.3, 0.4) is 0 Å². The van der Waals surface area contributed by atoms with Crippen molar-refractivity contribution in [2.24, 2.45) is 0 Å². The molecule has 0 spiro atoms. The molecular formula is C22H27N. The molecule has 0 heterocycles. The molecule has 0 bridgehead atoms. The van der Waals surface area contributed by atoms with Crippen molar-refractivity contribution in [1.82, 2.24) is 5.32 Å². The molecule has 0 aliphatic carbocycles. The zero-order valence-electron chi connectivity index (χ0n) is 14.3. The van der Waals surface area contributed by atoms with Gasteiger partial charge in [0.25, 0.3) is 0 Å². The summed E-state index contributed by atoms with van der Waals surface area (Å²) >= 11 is 0. The first kappa shape index (κ1) is 17.3. The number of nitrogens with one attached hydrogen (secondary N) is 1. The highest BCUT2D eigenvalue weighted by Crippen LogP contribution is 2.06. The Kier molecular flexibility index (Phi) is 7.43. The van der Waals surface area contributed by atoms with E-state index in [4.69, 9.17) is 0 Å². The fourth-order valence-corrected chi connectivity index (χ4v) is 2.53. The van der Waals surface area contributed by atoms with Gasteiger partial charge in [-0.1, -0.05) is 60.4 Å². The van der Waals surface area contributed by atoms with Crippen molar-refractivity contribution in [2.45, 2.75) is 45.6 Å². The Morgan fingerprint density at radius 3 is 2.52 bits per heavy atom. The van der Waals surface area contributed by atoms with E-state index in [0.717, 1.165) is 31.4 Å². The minimum Gasteiger partial charge on any atom is -0.314 e. The molecule has 23 heavy (non-hydrogen) atoms. The fourth-order valence-electron chi connectivity index (χ4n) is 2.53. The first-order chi connectivity index (χ1) is 11.3. The molecule has 2 aromatic carbocycles. The summed E-state index contributed by atoms with van der Waals surface area (Å²) in [6.45, 7) is 5.42. The molecule has 0 aliphatic rings. The van der Waals surface area contributed by atoms with E-state index in [0.29, 0.717) is 6.04 Å². The number of rotatable bonds is 7. The largest absolute Gasteiger partial charge is 0.314 e. The van der Waals surface area contributed by atoms with E-state index in [-0.39, 0.29) is 0 Å². The molecule has 0 saturated carbocycles. The van der Waals surface area contributed by atoms with Crippen molar-refractivity contribution in [3.8, 4) is 11.8 Å². The molecule has 0 fully saturated rings. The van der Waals surface area contributed by atoms with Crippen molar-refractivity contribution in [1.29, 1.82) is 0 Å². The first-order valence-electron chi connectivity index (χ1n) is 8.57. The zero-order valence-corrected chi connectivity index (χ0v) is 14.3. The van der Waals surface area contributed by atoms with Gasteiger partial charge in [-0.05, 0) is 56.8 Å². The van der Waals surface area contributed by atoms with E-state index in [1.807, 2.05) is 6.07 Å². The van der Waals surface area contributed by atoms with Crippen molar-refractivity contribution >= 4 is 0 Å². The lowest BCUT2D eigenvalue weighted by molar-refractivity contribution is 0.509. The first-order valence-corrected chi connectivity index (χ1v) is 8.57. The van der Waals surface area contributed by atoms with Gasteiger partial charge in [0, 0.05) is 18.0 Å². The van der Waals surface area contributed by atoms with Crippen molar-refractivity contribution < 1.29 is 0 Å². The summed E-state index contributed by atoms with van der Waals surface area (Å²) in [5.74, 6) is 6.55. The highest BCUT2D eigenvalue weighted by Gasteiger charge is 2.01. The third-order valence-electron chi connectivity index (χ3n) is 4.05. The van der Waals surface area contributed by atoms with Crippen LogP contribution in [0.1, 0.15) is 42.9 Å². The number of hydrogen-bond acceptors (Lipinski definition) is 1. The molecule has 1 nitrogen and oxygen atoms in total. The predicted octanol–water partition coefficient (Wildman–Crippen LogP) is 4.74. The average Bonchev–Trinajstić information content (AvgIpc) is 2.58. The monoisotopic (exact) mass is 305 g/mol. The second-order valence-corrected chi connectivity index (χ2v) is 6.10. The van der Waals surface area contributed by atoms with Crippen LogP contribution in [0.5, 0.6) is 0 Å².